The van der Waals surface area contributed by atoms with Crippen molar-refractivity contribution in [2.24, 2.45) is 5.92 Å². The Labute approximate surface area is 133 Å². The third-order valence-electron chi connectivity index (χ3n) is 3.80. The highest BCUT2D eigenvalue weighted by Gasteiger charge is 2.16. The summed E-state index contributed by atoms with van der Waals surface area (Å²) in [4.78, 5) is 13.4. The predicted molar refractivity (Wildman–Crippen MR) is 87.6 cm³/mol. The van der Waals surface area contributed by atoms with Crippen LogP contribution in [0.25, 0.3) is 0 Å². The van der Waals surface area contributed by atoms with Crippen LogP contribution in [0, 0.1) is 5.92 Å². The summed E-state index contributed by atoms with van der Waals surface area (Å²) in [7, 11) is 1.98. The van der Waals surface area contributed by atoms with Gasteiger partial charge < -0.3 is 19.7 Å². The van der Waals surface area contributed by atoms with Crippen LogP contribution in [-0.4, -0.2) is 48.7 Å². The van der Waals surface area contributed by atoms with Crippen molar-refractivity contribution in [1.82, 2.24) is 4.90 Å². The summed E-state index contributed by atoms with van der Waals surface area (Å²) in [6.07, 6.45) is 2.78. The van der Waals surface area contributed by atoms with Crippen molar-refractivity contribution in [2.45, 2.75) is 32.7 Å². The number of hydrogen-bond acceptors (Lipinski definition) is 5. The average Bonchev–Trinajstić information content (AvgIpc) is 2.50. The molecule has 1 atom stereocenters. The molecule has 5 nitrogen and oxygen atoms in total. The van der Waals surface area contributed by atoms with Crippen molar-refractivity contribution in [2.75, 3.05) is 20.7 Å². The van der Waals surface area contributed by atoms with E-state index >= 15 is 0 Å². The van der Waals surface area contributed by atoms with Crippen molar-refractivity contribution in [3.05, 3.63) is 29.8 Å². The Bertz CT molecular complexity index is 467. The summed E-state index contributed by atoms with van der Waals surface area (Å²) in [5.41, 5.74) is 1.47. The third-order valence-corrected chi connectivity index (χ3v) is 3.80. The van der Waals surface area contributed by atoms with Gasteiger partial charge in [-0.3, -0.25) is 4.79 Å². The summed E-state index contributed by atoms with van der Waals surface area (Å²) in [6.45, 7) is 3.44. The van der Waals surface area contributed by atoms with Crippen LogP contribution >= 0.6 is 0 Å². The first-order chi connectivity index (χ1) is 10.5. The number of carbonyl (C=O) groups excluding carboxylic acids is 1. The zero-order valence-electron chi connectivity index (χ0n) is 13.7. The lowest BCUT2D eigenvalue weighted by Crippen LogP contribution is -2.35. The molecule has 2 N–H and O–H groups in total. The highest BCUT2D eigenvalue weighted by molar-refractivity contribution is 6.59. The number of benzene rings is 1. The quantitative estimate of drug-likeness (QED) is 0.401. The van der Waals surface area contributed by atoms with Crippen molar-refractivity contribution < 1.29 is 19.6 Å². The smallest absolute Gasteiger partial charge is 0.469 e. The Morgan fingerprint density at radius 3 is 2.64 bits per heavy atom. The molecule has 0 aromatic heterocycles. The van der Waals surface area contributed by atoms with Crippen LogP contribution in [0.15, 0.2) is 24.3 Å². The molecule has 0 amide bonds. The molecule has 6 heteroatoms. The first-order valence-electron chi connectivity index (χ1n) is 7.66. The second-order valence-electron chi connectivity index (χ2n) is 5.73. The topological polar surface area (TPSA) is 70.0 Å². The number of unbranched alkanes of at least 4 members (excludes halogenated alkanes) is 1. The Kier molecular flexibility index (Phi) is 8.16. The van der Waals surface area contributed by atoms with E-state index in [1.165, 1.54) is 7.11 Å². The number of esters is 1. The Morgan fingerprint density at radius 1 is 1.32 bits per heavy atom. The van der Waals surface area contributed by atoms with Gasteiger partial charge in [0, 0.05) is 6.54 Å². The molecule has 0 saturated heterocycles. The van der Waals surface area contributed by atoms with Gasteiger partial charge in [0.15, 0.2) is 0 Å². The second-order valence-corrected chi connectivity index (χ2v) is 5.73. The van der Waals surface area contributed by atoms with Crippen molar-refractivity contribution in [1.29, 1.82) is 0 Å². The molecule has 0 saturated carbocycles. The molecule has 1 aromatic carbocycles. The van der Waals surface area contributed by atoms with E-state index in [2.05, 4.69) is 4.90 Å². The molecule has 0 aliphatic heterocycles. The largest absolute Gasteiger partial charge is 0.488 e. The molecule has 122 valence electrons. The van der Waals surface area contributed by atoms with E-state index in [0.29, 0.717) is 12.0 Å². The van der Waals surface area contributed by atoms with Gasteiger partial charge in [0.05, 0.1) is 13.0 Å². The van der Waals surface area contributed by atoms with Crippen molar-refractivity contribution in [3.63, 3.8) is 0 Å². The van der Waals surface area contributed by atoms with Gasteiger partial charge in [-0.15, -0.1) is 0 Å². The summed E-state index contributed by atoms with van der Waals surface area (Å²) in [6, 6.07) is 7.33. The first-order valence-corrected chi connectivity index (χ1v) is 7.66. The number of methoxy groups -OCH3 is 1. The summed E-state index contributed by atoms with van der Waals surface area (Å²) in [5.74, 6) is -0.209. The van der Waals surface area contributed by atoms with Crippen LogP contribution in [0.2, 0.25) is 0 Å². The molecule has 0 heterocycles. The lowest BCUT2D eigenvalue weighted by atomic mass is 9.77. The number of hydrogen-bond donors (Lipinski definition) is 2. The molecule has 0 radical (unpaired) electrons. The monoisotopic (exact) mass is 307 g/mol. The zero-order valence-corrected chi connectivity index (χ0v) is 13.7. The summed E-state index contributed by atoms with van der Waals surface area (Å²) in [5, 5.41) is 18.7. The fraction of sp³-hybridized carbons (Fsp3) is 0.562. The molecule has 0 bridgehead atoms. The van der Waals surface area contributed by atoms with Gasteiger partial charge in [-0.25, -0.2) is 0 Å². The van der Waals surface area contributed by atoms with E-state index in [1.807, 2.05) is 26.1 Å². The van der Waals surface area contributed by atoms with Gasteiger partial charge >= 0.3 is 13.1 Å². The van der Waals surface area contributed by atoms with Crippen LogP contribution in [0.1, 0.15) is 31.7 Å². The van der Waals surface area contributed by atoms with Gasteiger partial charge in [0.25, 0.3) is 0 Å². The normalized spacial score (nSPS) is 12.3. The van der Waals surface area contributed by atoms with E-state index in [-0.39, 0.29) is 11.9 Å². The summed E-state index contributed by atoms with van der Waals surface area (Å²) >= 11 is 0. The second kappa shape index (κ2) is 9.61. The Morgan fingerprint density at radius 2 is 2.00 bits per heavy atom. The fourth-order valence-electron chi connectivity index (χ4n) is 2.45. The lowest BCUT2D eigenvalue weighted by Gasteiger charge is -2.19. The highest BCUT2D eigenvalue weighted by atomic mass is 16.5. The molecular weight excluding hydrogens is 281 g/mol. The average molecular weight is 307 g/mol. The van der Waals surface area contributed by atoms with E-state index in [1.54, 1.807) is 12.1 Å². The standard InChI is InChI=1S/C16H26BNO4/c1-13(16(19)22-3)8-6-7-11-18(2)12-14-9-4-5-10-15(14)17(20)21/h4-5,9-10,13,20-21H,6-8,11-12H2,1-3H3. The minimum absolute atomic E-state index is 0.0550. The number of rotatable bonds is 9. The third kappa shape index (κ3) is 6.18. The molecule has 0 fully saturated rings. The van der Waals surface area contributed by atoms with E-state index in [9.17, 15) is 14.8 Å². The van der Waals surface area contributed by atoms with Crippen molar-refractivity contribution >= 4 is 18.6 Å². The molecular formula is C16H26BNO4. The Hall–Kier alpha value is -1.37. The van der Waals surface area contributed by atoms with Crippen LogP contribution < -0.4 is 5.46 Å². The minimum atomic E-state index is -1.44. The van der Waals surface area contributed by atoms with Gasteiger partial charge in [-0.05, 0) is 37.5 Å². The van der Waals surface area contributed by atoms with Gasteiger partial charge in [0.1, 0.15) is 0 Å². The molecule has 1 aromatic rings. The molecule has 0 spiro atoms. The SMILES string of the molecule is COC(=O)C(C)CCCCN(C)Cc1ccccc1B(O)O. The highest BCUT2D eigenvalue weighted by Crippen LogP contribution is 2.10. The number of carbonyl (C=O) groups is 1. The molecule has 1 unspecified atom stereocenters. The number of ether oxygens (including phenoxy) is 1. The van der Waals surface area contributed by atoms with Gasteiger partial charge in [-0.1, -0.05) is 37.6 Å². The maximum absolute atomic E-state index is 11.3. The predicted octanol–water partition coefficient (Wildman–Crippen LogP) is 0.778. The van der Waals surface area contributed by atoms with E-state index < -0.39 is 7.12 Å². The van der Waals surface area contributed by atoms with Gasteiger partial charge in [-0.2, -0.15) is 0 Å². The molecule has 1 rings (SSSR count). The Balaban J connectivity index is 2.35. The van der Waals surface area contributed by atoms with Crippen LogP contribution in [-0.2, 0) is 16.1 Å². The minimum Gasteiger partial charge on any atom is -0.469 e. The van der Waals surface area contributed by atoms with Crippen molar-refractivity contribution in [3.8, 4) is 0 Å². The molecule has 22 heavy (non-hydrogen) atoms. The number of nitrogens with zero attached hydrogens (tertiary/aromatic N) is 1. The maximum atomic E-state index is 11.3. The maximum Gasteiger partial charge on any atom is 0.488 e. The molecule has 0 aliphatic rings. The van der Waals surface area contributed by atoms with Crippen LogP contribution in [0.3, 0.4) is 0 Å². The lowest BCUT2D eigenvalue weighted by molar-refractivity contribution is -0.145. The first kappa shape index (κ1) is 18.7. The van der Waals surface area contributed by atoms with Crippen LogP contribution in [0.5, 0.6) is 0 Å². The van der Waals surface area contributed by atoms with E-state index in [4.69, 9.17) is 4.74 Å². The molecule has 0 aliphatic carbocycles. The summed E-state index contributed by atoms with van der Waals surface area (Å²) < 4.78 is 4.71. The van der Waals surface area contributed by atoms with Crippen LogP contribution in [0.4, 0.5) is 0 Å². The zero-order chi connectivity index (χ0) is 16.5. The fourth-order valence-corrected chi connectivity index (χ4v) is 2.45. The van der Waals surface area contributed by atoms with Gasteiger partial charge in [0.2, 0.25) is 0 Å². The van der Waals surface area contributed by atoms with E-state index in [0.717, 1.165) is 31.4 Å².